The van der Waals surface area contributed by atoms with Gasteiger partial charge in [-0.3, -0.25) is 14.3 Å². The topological polar surface area (TPSA) is 87.6 Å². The predicted octanol–water partition coefficient (Wildman–Crippen LogP) is 1.30. The molecule has 1 saturated heterocycles. The molecule has 2 fully saturated rings. The number of hydrogen-bond acceptors (Lipinski definition) is 5. The molecule has 1 saturated carbocycles. The van der Waals surface area contributed by atoms with Gasteiger partial charge >= 0.3 is 5.69 Å². The number of aliphatic hydroxyl groups excluding tert-OH is 1. The Morgan fingerprint density at radius 1 is 1.31 bits per heavy atom. The highest BCUT2D eigenvalue weighted by Gasteiger charge is 2.34. The summed E-state index contributed by atoms with van der Waals surface area (Å²) in [4.78, 5) is 29.0. The van der Waals surface area contributed by atoms with E-state index in [0.29, 0.717) is 18.6 Å². The molecule has 2 aromatic rings. The number of aryl methyl sites for hydroxylation is 1. The molecule has 0 bridgehead atoms. The first kappa shape index (κ1) is 17.1. The van der Waals surface area contributed by atoms with Crippen LogP contribution in [0.2, 0.25) is 0 Å². The molecule has 1 aliphatic heterocycles. The molecule has 7 nitrogen and oxygen atoms in total. The van der Waals surface area contributed by atoms with Crippen molar-refractivity contribution in [2.75, 3.05) is 31.7 Å². The Morgan fingerprint density at radius 2 is 2.04 bits per heavy atom. The van der Waals surface area contributed by atoms with Crippen molar-refractivity contribution in [1.29, 1.82) is 0 Å². The van der Waals surface area contributed by atoms with Crippen LogP contribution in [-0.2, 0) is 0 Å². The molecule has 1 atom stereocenters. The van der Waals surface area contributed by atoms with Gasteiger partial charge in [-0.25, -0.2) is 9.18 Å². The second kappa shape index (κ2) is 6.12. The summed E-state index contributed by atoms with van der Waals surface area (Å²) in [5.74, 6) is -0.226. The number of halogens is 1. The van der Waals surface area contributed by atoms with Crippen LogP contribution in [0.3, 0.4) is 0 Å². The number of benzene rings is 1. The molecular weight excluding hydrogens is 341 g/mol. The summed E-state index contributed by atoms with van der Waals surface area (Å²) in [6.45, 7) is 2.68. The van der Waals surface area contributed by atoms with E-state index in [1.165, 1.54) is 11.7 Å². The minimum atomic E-state index is -0.599. The van der Waals surface area contributed by atoms with E-state index in [1.54, 1.807) is 6.92 Å². The monoisotopic (exact) mass is 363 g/mol. The Kier molecular flexibility index (Phi) is 4.02. The first-order chi connectivity index (χ1) is 12.5. The number of hydrogen-bond donors (Lipinski definition) is 2. The van der Waals surface area contributed by atoms with E-state index in [4.69, 9.17) is 4.74 Å². The van der Waals surface area contributed by atoms with Crippen LogP contribution in [0, 0.1) is 18.7 Å². The van der Waals surface area contributed by atoms with Gasteiger partial charge in [-0.1, -0.05) is 0 Å². The third kappa shape index (κ3) is 2.43. The molecule has 140 valence electrons. The molecule has 2 heterocycles. The Labute approximate surface area is 149 Å². The number of anilines is 1. The summed E-state index contributed by atoms with van der Waals surface area (Å²) in [7, 11) is 1.43. The zero-order valence-electron chi connectivity index (χ0n) is 14.8. The highest BCUT2D eigenvalue weighted by molar-refractivity contribution is 5.93. The van der Waals surface area contributed by atoms with Gasteiger partial charge in [0.05, 0.1) is 12.5 Å². The number of H-pyrrole nitrogens is 1. The van der Waals surface area contributed by atoms with Gasteiger partial charge in [0.2, 0.25) is 0 Å². The van der Waals surface area contributed by atoms with Gasteiger partial charge in [-0.15, -0.1) is 0 Å². The second-order valence-electron chi connectivity index (χ2n) is 7.19. The van der Waals surface area contributed by atoms with E-state index in [0.717, 1.165) is 19.3 Å². The van der Waals surface area contributed by atoms with Gasteiger partial charge in [-0.2, -0.15) is 0 Å². The van der Waals surface area contributed by atoms with Crippen molar-refractivity contribution < 1.29 is 14.2 Å². The maximum atomic E-state index is 15.3. The van der Waals surface area contributed by atoms with Crippen LogP contribution in [0.4, 0.5) is 10.1 Å². The van der Waals surface area contributed by atoms with E-state index >= 15 is 4.39 Å². The van der Waals surface area contributed by atoms with E-state index in [2.05, 4.69) is 4.98 Å². The second-order valence-corrected chi connectivity index (χ2v) is 7.19. The number of aliphatic hydroxyl groups is 1. The lowest BCUT2D eigenvalue weighted by atomic mass is 10.1. The number of nitrogens with one attached hydrogen (secondary N) is 1. The number of nitrogens with zero attached hydrogens (tertiary/aromatic N) is 2. The quantitative estimate of drug-likeness (QED) is 0.855. The van der Waals surface area contributed by atoms with Crippen LogP contribution >= 0.6 is 0 Å². The van der Waals surface area contributed by atoms with Crippen molar-refractivity contribution >= 4 is 16.6 Å². The summed E-state index contributed by atoms with van der Waals surface area (Å²) in [6, 6.07) is -0.00257. The summed E-state index contributed by atoms with van der Waals surface area (Å²) in [5, 5.41) is 9.57. The predicted molar refractivity (Wildman–Crippen MR) is 95.8 cm³/mol. The van der Waals surface area contributed by atoms with Crippen molar-refractivity contribution in [1.82, 2.24) is 9.55 Å². The molecule has 1 unspecified atom stereocenters. The third-order valence-electron chi connectivity index (χ3n) is 5.46. The van der Waals surface area contributed by atoms with Crippen LogP contribution in [0.5, 0.6) is 5.75 Å². The molecule has 1 aromatic carbocycles. The maximum absolute atomic E-state index is 15.3. The zero-order valence-corrected chi connectivity index (χ0v) is 14.8. The summed E-state index contributed by atoms with van der Waals surface area (Å²) in [5.41, 5.74) is -0.246. The summed E-state index contributed by atoms with van der Waals surface area (Å²) in [6.07, 6.45) is 2.43. The highest BCUT2D eigenvalue weighted by atomic mass is 19.1. The Bertz CT molecular complexity index is 993. The molecule has 0 radical (unpaired) electrons. The van der Waals surface area contributed by atoms with Crippen LogP contribution in [0.1, 0.15) is 30.9 Å². The van der Waals surface area contributed by atoms with Gasteiger partial charge in [-0.05, 0) is 26.2 Å². The van der Waals surface area contributed by atoms with Crippen LogP contribution in [0.25, 0.3) is 10.9 Å². The lowest BCUT2D eigenvalue weighted by Gasteiger charge is -2.25. The molecule has 2 aliphatic rings. The number of ether oxygens (including phenoxy) is 1. The molecule has 4 rings (SSSR count). The average Bonchev–Trinajstić information content (AvgIpc) is 3.33. The van der Waals surface area contributed by atoms with Gasteiger partial charge in [0.25, 0.3) is 5.56 Å². The van der Waals surface area contributed by atoms with Crippen LogP contribution in [0.15, 0.2) is 9.59 Å². The van der Waals surface area contributed by atoms with Gasteiger partial charge < -0.3 is 14.7 Å². The molecule has 26 heavy (non-hydrogen) atoms. The van der Waals surface area contributed by atoms with Crippen molar-refractivity contribution in [2.45, 2.75) is 32.2 Å². The standard InChI is InChI=1S/C18H22FN3O4/c1-9-12-14(22(11-3-4-11)18(25)20-17(12)24)16(26-2)15(13(9)19)21-6-5-10(7-21)8-23/h10-11,23H,3-8H2,1-2H3,(H,20,24,25). The van der Waals surface area contributed by atoms with Gasteiger partial charge in [0.1, 0.15) is 11.2 Å². The molecule has 8 heteroatoms. The summed E-state index contributed by atoms with van der Waals surface area (Å²) < 4.78 is 22.3. The molecule has 1 aliphatic carbocycles. The van der Waals surface area contributed by atoms with Crippen LogP contribution in [-0.4, -0.2) is 41.5 Å². The van der Waals surface area contributed by atoms with Crippen molar-refractivity contribution in [3.05, 3.63) is 32.2 Å². The largest absolute Gasteiger partial charge is 0.492 e. The fourth-order valence-corrected chi connectivity index (χ4v) is 3.96. The maximum Gasteiger partial charge on any atom is 0.329 e. The average molecular weight is 363 g/mol. The Morgan fingerprint density at radius 3 is 2.62 bits per heavy atom. The minimum Gasteiger partial charge on any atom is -0.492 e. The van der Waals surface area contributed by atoms with E-state index in [1.807, 2.05) is 4.90 Å². The molecule has 2 N–H and O–H groups in total. The van der Waals surface area contributed by atoms with Crippen molar-refractivity contribution in [3.63, 3.8) is 0 Å². The lowest BCUT2D eigenvalue weighted by molar-refractivity contribution is 0.238. The van der Waals surface area contributed by atoms with Crippen molar-refractivity contribution in [3.8, 4) is 5.75 Å². The first-order valence-corrected chi connectivity index (χ1v) is 8.88. The number of methoxy groups -OCH3 is 1. The fourth-order valence-electron chi connectivity index (χ4n) is 3.96. The van der Waals surface area contributed by atoms with Crippen molar-refractivity contribution in [2.24, 2.45) is 5.92 Å². The lowest BCUT2D eigenvalue weighted by Crippen LogP contribution is -2.32. The SMILES string of the molecule is COc1c(N2CCC(CO)C2)c(F)c(C)c2c(=O)[nH]c(=O)n(C3CC3)c12. The number of aromatic amines is 1. The highest BCUT2D eigenvalue weighted by Crippen LogP contribution is 2.44. The van der Waals surface area contributed by atoms with E-state index in [9.17, 15) is 14.7 Å². The Hall–Kier alpha value is -2.35. The van der Waals surface area contributed by atoms with Gasteiger partial charge in [0, 0.05) is 37.2 Å². The molecule has 0 amide bonds. The molecular formula is C18H22FN3O4. The zero-order chi connectivity index (χ0) is 18.6. The third-order valence-corrected chi connectivity index (χ3v) is 5.46. The normalized spacial score (nSPS) is 20.2. The Balaban J connectivity index is 2.07. The van der Waals surface area contributed by atoms with Crippen LogP contribution < -0.4 is 20.9 Å². The number of rotatable bonds is 4. The molecule has 0 spiro atoms. The smallest absolute Gasteiger partial charge is 0.329 e. The van der Waals surface area contributed by atoms with Gasteiger partial charge in [0.15, 0.2) is 11.6 Å². The van der Waals surface area contributed by atoms with E-state index in [-0.39, 0.29) is 41.0 Å². The number of aromatic nitrogens is 2. The fraction of sp³-hybridized carbons (Fsp3) is 0.556. The molecule has 1 aromatic heterocycles. The summed E-state index contributed by atoms with van der Waals surface area (Å²) >= 11 is 0. The van der Waals surface area contributed by atoms with E-state index < -0.39 is 17.1 Å². The first-order valence-electron chi connectivity index (χ1n) is 8.88. The minimum absolute atomic E-state index is 0.00257. The number of fused-ring (bicyclic) bond motifs is 1.